The second-order valence-corrected chi connectivity index (χ2v) is 6.82. The van der Waals surface area contributed by atoms with Gasteiger partial charge in [0.25, 0.3) is 0 Å². The lowest BCUT2D eigenvalue weighted by molar-refractivity contribution is 0.168. The van der Waals surface area contributed by atoms with Gasteiger partial charge in [-0.2, -0.15) is 0 Å². The zero-order chi connectivity index (χ0) is 17.4. The molecule has 24 heavy (non-hydrogen) atoms. The van der Waals surface area contributed by atoms with Crippen LogP contribution in [0.1, 0.15) is 0 Å². The molecule has 2 amide bonds. The molecule has 130 valence electrons. The van der Waals surface area contributed by atoms with Crippen LogP contribution in [0.15, 0.2) is 23.5 Å². The van der Waals surface area contributed by atoms with E-state index in [2.05, 4.69) is 9.88 Å². The Morgan fingerprint density at radius 1 is 1.33 bits per heavy atom. The number of imidazole rings is 1. The van der Waals surface area contributed by atoms with Crippen molar-refractivity contribution < 1.29 is 13.6 Å². The molecule has 0 bridgehead atoms. The Balaban J connectivity index is 1.91. The van der Waals surface area contributed by atoms with Gasteiger partial charge in [0.15, 0.2) is 16.9 Å². The Morgan fingerprint density at radius 3 is 2.58 bits per heavy atom. The Labute approximate surface area is 141 Å². The second-order valence-electron chi connectivity index (χ2n) is 5.85. The van der Waals surface area contributed by atoms with Crippen molar-refractivity contribution in [1.82, 2.24) is 19.2 Å². The normalized spacial score (nSPS) is 16.5. The lowest BCUT2D eigenvalue weighted by atomic mass is 10.2. The van der Waals surface area contributed by atoms with Gasteiger partial charge in [-0.1, -0.05) is 0 Å². The molecule has 0 saturated carbocycles. The van der Waals surface area contributed by atoms with Gasteiger partial charge < -0.3 is 29.4 Å². The number of hydrogen-bond acceptors (Lipinski definition) is 5. The Morgan fingerprint density at radius 2 is 2.00 bits per heavy atom. The third kappa shape index (κ3) is 2.89. The average molecular weight is 352 g/mol. The van der Waals surface area contributed by atoms with Crippen LogP contribution in [0.25, 0.3) is 5.52 Å². The van der Waals surface area contributed by atoms with Gasteiger partial charge in [0, 0.05) is 46.5 Å². The van der Waals surface area contributed by atoms with Crippen molar-refractivity contribution in [3.05, 3.63) is 18.6 Å². The largest absolute Gasteiger partial charge is 0.382 e. The summed E-state index contributed by atoms with van der Waals surface area (Å²) in [4.78, 5) is 21.8. The predicted octanol–water partition coefficient (Wildman–Crippen LogP) is 0.301. The number of pyridine rings is 1. The van der Waals surface area contributed by atoms with Crippen molar-refractivity contribution in [2.45, 2.75) is 4.90 Å². The van der Waals surface area contributed by atoms with Gasteiger partial charge in [0.1, 0.15) is 11.8 Å². The summed E-state index contributed by atoms with van der Waals surface area (Å²) in [5.41, 5.74) is 7.41. The van der Waals surface area contributed by atoms with E-state index >= 15 is 0 Å². The van der Waals surface area contributed by atoms with Gasteiger partial charge >= 0.3 is 6.03 Å². The first kappa shape index (κ1) is 16.5. The van der Waals surface area contributed by atoms with E-state index in [1.54, 1.807) is 40.6 Å². The number of nitrogens with zero attached hydrogens (tertiary/aromatic N) is 5. The summed E-state index contributed by atoms with van der Waals surface area (Å²) < 4.78 is 22.5. The van der Waals surface area contributed by atoms with Crippen LogP contribution in [0.5, 0.6) is 0 Å². The van der Waals surface area contributed by atoms with E-state index in [0.717, 1.165) is 5.69 Å². The molecule has 1 atom stereocenters. The molecule has 9 nitrogen and oxygen atoms in total. The highest BCUT2D eigenvalue weighted by molar-refractivity contribution is 7.79. The highest BCUT2D eigenvalue weighted by Crippen LogP contribution is 2.29. The second kappa shape index (κ2) is 6.29. The lowest BCUT2D eigenvalue weighted by Crippen LogP contribution is -2.51. The van der Waals surface area contributed by atoms with Gasteiger partial charge in [-0.05, 0) is 6.07 Å². The van der Waals surface area contributed by atoms with Gasteiger partial charge in [0.05, 0.1) is 10.6 Å². The zero-order valence-corrected chi connectivity index (χ0v) is 14.4. The monoisotopic (exact) mass is 352 g/mol. The number of urea groups is 1. The van der Waals surface area contributed by atoms with Gasteiger partial charge in [-0.3, -0.25) is 0 Å². The van der Waals surface area contributed by atoms with E-state index in [1.165, 1.54) is 6.33 Å². The van der Waals surface area contributed by atoms with E-state index in [1.807, 2.05) is 0 Å². The van der Waals surface area contributed by atoms with Crippen molar-refractivity contribution in [3.8, 4) is 0 Å². The molecule has 2 aromatic heterocycles. The summed E-state index contributed by atoms with van der Waals surface area (Å²) in [6.07, 6.45) is 3.07. The number of carbonyl (C=O) groups is 1. The summed E-state index contributed by atoms with van der Waals surface area (Å²) in [7, 11) is 3.45. The quantitative estimate of drug-likeness (QED) is 0.753. The fraction of sp³-hybridized carbons (Fsp3) is 0.429. The first-order valence-electron chi connectivity index (χ1n) is 7.46. The van der Waals surface area contributed by atoms with Crippen molar-refractivity contribution in [2.24, 2.45) is 0 Å². The molecular weight excluding hydrogens is 332 g/mol. The first-order valence-corrected chi connectivity index (χ1v) is 8.57. The van der Waals surface area contributed by atoms with E-state index in [4.69, 9.17) is 5.73 Å². The Bertz CT molecular complexity index is 797. The summed E-state index contributed by atoms with van der Waals surface area (Å²) in [5.74, 6) is 0.368. The third-order valence-corrected chi connectivity index (χ3v) is 4.71. The number of piperazine rings is 1. The molecule has 1 aliphatic heterocycles. The van der Waals surface area contributed by atoms with Gasteiger partial charge in [-0.25, -0.2) is 14.0 Å². The maximum atomic E-state index is 12.0. The fourth-order valence-corrected chi connectivity index (χ4v) is 3.29. The minimum atomic E-state index is -2.10. The van der Waals surface area contributed by atoms with Crippen LogP contribution in [0.2, 0.25) is 0 Å². The number of nitrogen functional groups attached to an aromatic ring is 1. The van der Waals surface area contributed by atoms with Gasteiger partial charge in [-0.15, -0.1) is 0 Å². The van der Waals surface area contributed by atoms with E-state index in [0.29, 0.717) is 37.5 Å². The number of rotatable bonds is 2. The number of aromatic nitrogens is 2. The van der Waals surface area contributed by atoms with Crippen molar-refractivity contribution in [3.63, 3.8) is 0 Å². The molecule has 10 heteroatoms. The minimum absolute atomic E-state index is 0.0196. The molecule has 2 aromatic rings. The van der Waals surface area contributed by atoms with E-state index in [-0.39, 0.29) is 10.9 Å². The fourth-order valence-electron chi connectivity index (χ4n) is 2.87. The van der Waals surface area contributed by atoms with Crippen LogP contribution in [0.3, 0.4) is 0 Å². The van der Waals surface area contributed by atoms with E-state index < -0.39 is 11.1 Å². The molecule has 1 unspecified atom stereocenters. The van der Waals surface area contributed by atoms with Gasteiger partial charge in [0.2, 0.25) is 0 Å². The number of nitrogens with two attached hydrogens (primary N) is 1. The molecule has 1 fully saturated rings. The highest BCUT2D eigenvalue weighted by Gasteiger charge is 2.25. The number of amides is 2. The molecule has 0 aliphatic carbocycles. The van der Waals surface area contributed by atoms with Crippen LogP contribution in [-0.2, 0) is 11.1 Å². The molecule has 1 saturated heterocycles. The highest BCUT2D eigenvalue weighted by atomic mass is 32.2. The standard InChI is InChI=1S/C14H20N6O3S/c1-17(2)14(21)19-5-3-18(4-6-19)11-7-10(24(22)23)8-20-9-16-13(15)12(11)20/h7-9H,3-6,15H2,1-2H3,(H,22,23). The number of hydrogen-bond donors (Lipinski definition) is 2. The summed E-state index contributed by atoms with van der Waals surface area (Å²) in [5, 5.41) is 0. The molecule has 0 spiro atoms. The molecule has 3 N–H and O–H groups in total. The Hall–Kier alpha value is -2.33. The molecule has 3 heterocycles. The molecule has 0 aromatic carbocycles. The van der Waals surface area contributed by atoms with Crippen LogP contribution >= 0.6 is 0 Å². The van der Waals surface area contributed by atoms with Crippen LogP contribution in [0, 0.1) is 0 Å². The first-order chi connectivity index (χ1) is 11.4. The predicted molar refractivity (Wildman–Crippen MR) is 91.5 cm³/mol. The smallest absolute Gasteiger partial charge is 0.319 e. The number of anilines is 2. The molecule has 1 aliphatic rings. The molecule has 3 rings (SSSR count). The topological polar surface area (TPSA) is 107 Å². The summed E-state index contributed by atoms with van der Waals surface area (Å²) in [6, 6.07) is 1.64. The maximum absolute atomic E-state index is 12.0. The zero-order valence-electron chi connectivity index (χ0n) is 13.5. The maximum Gasteiger partial charge on any atom is 0.319 e. The molecular formula is C14H20N6O3S. The van der Waals surface area contributed by atoms with E-state index in [9.17, 15) is 13.6 Å². The van der Waals surface area contributed by atoms with Crippen molar-refractivity contribution >= 4 is 34.1 Å². The summed E-state index contributed by atoms with van der Waals surface area (Å²) >= 11 is -2.10. The molecule has 0 radical (unpaired) electrons. The Kier molecular flexibility index (Phi) is 4.33. The van der Waals surface area contributed by atoms with Crippen LogP contribution in [-0.4, -0.2) is 74.3 Å². The van der Waals surface area contributed by atoms with Crippen LogP contribution < -0.4 is 10.6 Å². The third-order valence-electron chi connectivity index (χ3n) is 4.09. The van der Waals surface area contributed by atoms with Crippen LogP contribution in [0.4, 0.5) is 16.3 Å². The van der Waals surface area contributed by atoms with Crippen molar-refractivity contribution in [2.75, 3.05) is 50.9 Å². The summed E-state index contributed by atoms with van der Waals surface area (Å²) in [6.45, 7) is 2.37. The number of fused-ring (bicyclic) bond motifs is 1. The minimum Gasteiger partial charge on any atom is -0.382 e. The SMILES string of the molecule is CN(C)C(=O)N1CCN(c2cc(S(=O)O)cn3cnc(N)c23)CC1. The average Bonchev–Trinajstić information content (AvgIpc) is 2.94. The van der Waals surface area contributed by atoms with Crippen molar-refractivity contribution in [1.29, 1.82) is 0 Å². The lowest BCUT2D eigenvalue weighted by Gasteiger charge is -2.37. The number of carbonyl (C=O) groups excluding carboxylic acids is 1.